The first kappa shape index (κ1) is 24.4. The van der Waals surface area contributed by atoms with Gasteiger partial charge in [0.1, 0.15) is 17.2 Å². The second-order valence-electron chi connectivity index (χ2n) is 10.9. The average Bonchev–Trinajstić information content (AvgIpc) is 3.55. The molecule has 2 aliphatic rings. The Morgan fingerprint density at radius 2 is 1.19 bits per heavy atom. The molecule has 4 aromatic carbocycles. The van der Waals surface area contributed by atoms with Crippen LogP contribution in [0.15, 0.2) is 140 Å². The summed E-state index contributed by atoms with van der Waals surface area (Å²) in [6.07, 6.45) is 4.03. The van der Waals surface area contributed by atoms with Crippen molar-refractivity contribution < 1.29 is 4.57 Å². The van der Waals surface area contributed by atoms with Gasteiger partial charge < -0.3 is 4.81 Å². The predicted molar refractivity (Wildman–Crippen MR) is 173 cm³/mol. The first-order valence-corrected chi connectivity index (χ1v) is 14.3. The van der Waals surface area contributed by atoms with Crippen LogP contribution in [0.25, 0.3) is 22.3 Å². The zero-order valence-electron chi connectivity index (χ0n) is 23.6. The molecule has 4 heterocycles. The van der Waals surface area contributed by atoms with Crippen molar-refractivity contribution in [1.82, 2.24) is 4.98 Å². The minimum absolute atomic E-state index is 0.202. The van der Waals surface area contributed by atoms with Crippen LogP contribution in [-0.4, -0.2) is 12.1 Å². The lowest BCUT2D eigenvalue weighted by Crippen LogP contribution is -2.53. The Morgan fingerprint density at radius 3 is 1.88 bits per heavy atom. The first-order valence-electron chi connectivity index (χ1n) is 14.3. The number of hydrogen-bond donors (Lipinski definition) is 0. The monoisotopic (exact) mass is 542 g/mol. The topological polar surface area (TPSA) is 26.5 Å². The molecule has 0 saturated carbocycles. The summed E-state index contributed by atoms with van der Waals surface area (Å²) in [5.41, 5.74) is 10.5. The van der Waals surface area contributed by atoms with Crippen molar-refractivity contribution in [3.05, 3.63) is 145 Å². The third-order valence-corrected chi connectivity index (χ3v) is 8.38. The Kier molecular flexibility index (Phi) is 5.61. The Bertz CT molecular complexity index is 1880. The summed E-state index contributed by atoms with van der Waals surface area (Å²) < 4.78 is 2.22. The van der Waals surface area contributed by atoms with Gasteiger partial charge in [-0.05, 0) is 53.9 Å². The number of fused-ring (bicyclic) bond motifs is 5. The molecule has 0 amide bonds. The summed E-state index contributed by atoms with van der Waals surface area (Å²) >= 11 is 0. The number of hydrogen-bond acceptors (Lipinski definition) is 4. The lowest BCUT2D eigenvalue weighted by atomic mass is 9.83. The van der Waals surface area contributed by atoms with Gasteiger partial charge in [-0.25, -0.2) is 14.4 Å². The fourth-order valence-electron chi connectivity index (χ4n) is 6.57. The van der Waals surface area contributed by atoms with Crippen LogP contribution in [0.2, 0.25) is 0 Å². The fraction of sp³-hybridized carbons (Fsp3) is 0.0556. The van der Waals surface area contributed by atoms with Crippen molar-refractivity contribution in [3.63, 3.8) is 0 Å². The maximum Gasteiger partial charge on any atom is 0.645 e. The largest absolute Gasteiger partial charge is 0.645 e. The van der Waals surface area contributed by atoms with E-state index >= 15 is 0 Å². The molecular weight excluding hydrogens is 513 g/mol. The molecule has 8 rings (SSSR count). The van der Waals surface area contributed by atoms with Crippen molar-refractivity contribution in [2.24, 2.45) is 7.05 Å². The maximum absolute atomic E-state index is 5.01. The summed E-state index contributed by atoms with van der Waals surface area (Å²) in [6, 6.07) is 45.3. The Hall–Kier alpha value is -5.36. The molecule has 2 aromatic heterocycles. The molecule has 5 nitrogen and oxygen atoms in total. The molecule has 0 saturated heterocycles. The van der Waals surface area contributed by atoms with Gasteiger partial charge in [0.2, 0.25) is 0 Å². The standard InChI is InChI=1S/C36H29BN5/c1-26-14-9-10-21-31(26)42-36-33(23-13-25-39(36)2)41-35-32(22-12-24-38-35)40(37(41)42)34-29(27-15-5-3-6-16-27)19-11-20-30(34)28-17-7-4-8-18-28/h3-25H,1-2H3/q+1. The van der Waals surface area contributed by atoms with Crippen LogP contribution in [0, 0.1) is 6.92 Å². The van der Waals surface area contributed by atoms with E-state index < -0.39 is 0 Å². The lowest BCUT2D eigenvalue weighted by Gasteiger charge is -2.30. The van der Waals surface area contributed by atoms with Crippen LogP contribution in [0.5, 0.6) is 0 Å². The van der Waals surface area contributed by atoms with Gasteiger partial charge in [-0.3, -0.25) is 4.81 Å². The normalized spacial score (nSPS) is 13.3. The number of aromatic nitrogens is 2. The minimum atomic E-state index is -0.202. The number of para-hydroxylation sites is 2. The Labute approximate surface area is 246 Å². The molecule has 0 radical (unpaired) electrons. The van der Waals surface area contributed by atoms with Crippen LogP contribution in [0.3, 0.4) is 0 Å². The minimum Gasteiger partial charge on any atom is -0.318 e. The molecule has 0 atom stereocenters. The predicted octanol–water partition coefficient (Wildman–Crippen LogP) is 7.97. The number of aryl methyl sites for hydroxylation is 2. The van der Waals surface area contributed by atoms with Gasteiger partial charge in [-0.1, -0.05) is 97.1 Å². The second kappa shape index (κ2) is 9.63. The number of rotatable bonds is 4. The maximum atomic E-state index is 5.01. The highest BCUT2D eigenvalue weighted by Crippen LogP contribution is 2.56. The highest BCUT2D eigenvalue weighted by Gasteiger charge is 2.62. The van der Waals surface area contributed by atoms with E-state index in [1.807, 2.05) is 12.3 Å². The first-order chi connectivity index (χ1) is 20.7. The number of anilines is 6. The van der Waals surface area contributed by atoms with E-state index in [2.05, 4.69) is 160 Å². The summed E-state index contributed by atoms with van der Waals surface area (Å²) in [6.45, 7) is 2.19. The van der Waals surface area contributed by atoms with Crippen LogP contribution < -0.4 is 19.0 Å². The molecule has 0 spiro atoms. The van der Waals surface area contributed by atoms with E-state index in [0.717, 1.165) is 28.7 Å². The van der Waals surface area contributed by atoms with Gasteiger partial charge in [-0.15, -0.1) is 0 Å². The molecule has 0 fully saturated rings. The average molecular weight is 542 g/mol. The van der Waals surface area contributed by atoms with Crippen molar-refractivity contribution >= 4 is 41.5 Å². The fourth-order valence-corrected chi connectivity index (χ4v) is 6.57. The van der Waals surface area contributed by atoms with Crippen molar-refractivity contribution in [2.75, 3.05) is 14.4 Å². The van der Waals surface area contributed by atoms with Crippen LogP contribution in [0.1, 0.15) is 5.56 Å². The molecule has 0 bridgehead atoms. The van der Waals surface area contributed by atoms with Gasteiger partial charge in [0.05, 0.1) is 18.9 Å². The SMILES string of the molecule is Cc1ccccc1N1B2N(c3ccc[n+](C)c31)c1ncccc1N2c1c(-c2ccccc2)cccc1-c1ccccc1. The smallest absolute Gasteiger partial charge is 0.318 e. The Morgan fingerprint density at radius 1 is 0.571 bits per heavy atom. The van der Waals surface area contributed by atoms with Gasteiger partial charge >= 0.3 is 7.12 Å². The Balaban J connectivity index is 1.47. The third kappa shape index (κ3) is 3.58. The van der Waals surface area contributed by atoms with Gasteiger partial charge in [0.25, 0.3) is 5.82 Å². The highest BCUT2D eigenvalue weighted by molar-refractivity contribution is 6.80. The molecular formula is C36H29BN5+. The highest BCUT2D eigenvalue weighted by atomic mass is 15.5. The van der Waals surface area contributed by atoms with Crippen LogP contribution >= 0.6 is 0 Å². The van der Waals surface area contributed by atoms with Crippen molar-refractivity contribution in [1.29, 1.82) is 0 Å². The van der Waals surface area contributed by atoms with Crippen molar-refractivity contribution in [3.8, 4) is 22.3 Å². The number of benzene rings is 4. The summed E-state index contributed by atoms with van der Waals surface area (Å²) in [4.78, 5) is 12.4. The third-order valence-electron chi connectivity index (χ3n) is 8.38. The summed E-state index contributed by atoms with van der Waals surface area (Å²) in [7, 11) is 1.93. The quantitative estimate of drug-likeness (QED) is 0.167. The number of nitrogens with zero attached hydrogens (tertiary/aromatic N) is 5. The molecule has 6 aromatic rings. The molecule has 42 heavy (non-hydrogen) atoms. The molecule has 0 unspecified atom stereocenters. The van der Waals surface area contributed by atoms with Crippen LogP contribution in [-0.2, 0) is 7.05 Å². The van der Waals surface area contributed by atoms with E-state index in [4.69, 9.17) is 4.98 Å². The molecule has 6 heteroatoms. The van der Waals surface area contributed by atoms with E-state index in [9.17, 15) is 0 Å². The van der Waals surface area contributed by atoms with E-state index in [1.165, 1.54) is 33.5 Å². The van der Waals surface area contributed by atoms with Gasteiger partial charge in [-0.2, -0.15) is 0 Å². The lowest BCUT2D eigenvalue weighted by molar-refractivity contribution is -0.657. The van der Waals surface area contributed by atoms with Gasteiger partial charge in [0.15, 0.2) is 0 Å². The zero-order chi connectivity index (χ0) is 28.2. The second-order valence-corrected chi connectivity index (χ2v) is 10.9. The van der Waals surface area contributed by atoms with Crippen LogP contribution in [0.4, 0.5) is 34.4 Å². The van der Waals surface area contributed by atoms with E-state index in [0.29, 0.717) is 0 Å². The summed E-state index contributed by atoms with van der Waals surface area (Å²) in [5, 5.41) is 0. The molecule has 0 aliphatic carbocycles. The van der Waals surface area contributed by atoms with Gasteiger partial charge in [0, 0.05) is 23.0 Å². The zero-order valence-corrected chi connectivity index (χ0v) is 23.6. The van der Waals surface area contributed by atoms with Crippen molar-refractivity contribution in [2.45, 2.75) is 6.92 Å². The van der Waals surface area contributed by atoms with E-state index in [1.54, 1.807) is 0 Å². The molecule has 2 aliphatic heterocycles. The van der Waals surface area contributed by atoms with E-state index in [-0.39, 0.29) is 7.12 Å². The molecule has 0 N–H and O–H groups in total. The summed E-state index contributed by atoms with van der Waals surface area (Å²) in [5.74, 6) is 2.09. The number of pyridine rings is 2. The molecule has 200 valence electrons.